The Balaban J connectivity index is 1.16. The van der Waals surface area contributed by atoms with Gasteiger partial charge in [-0.1, -0.05) is 45.0 Å². The standard InChI is InChI=1S/C29H39N3O5/c1-29(2,3)23-6-4-21(5-7-23)22-10-15-30(16-11-22)17-14-28(34)31-18-12-24(13-19-31)37-25-8-9-26(32(35)36)27(33)20-25/h4-9,20,22,24,33H,10-19H2,1-3H3. The number of amides is 1. The maximum atomic E-state index is 12.8. The maximum absolute atomic E-state index is 12.8. The van der Waals surface area contributed by atoms with Gasteiger partial charge in [-0.25, -0.2) is 0 Å². The highest BCUT2D eigenvalue weighted by atomic mass is 16.6. The summed E-state index contributed by atoms with van der Waals surface area (Å²) in [6.07, 6.45) is 4.10. The van der Waals surface area contributed by atoms with Crippen molar-refractivity contribution >= 4 is 11.6 Å². The number of hydrogen-bond acceptors (Lipinski definition) is 6. The Kier molecular flexibility index (Phi) is 8.37. The first kappa shape index (κ1) is 26.9. The Hall–Kier alpha value is -3.13. The van der Waals surface area contributed by atoms with Crippen LogP contribution in [0.4, 0.5) is 5.69 Å². The number of piperidine rings is 2. The lowest BCUT2D eigenvalue weighted by molar-refractivity contribution is -0.385. The van der Waals surface area contributed by atoms with Crippen molar-refractivity contribution in [2.75, 3.05) is 32.7 Å². The zero-order chi connectivity index (χ0) is 26.6. The number of phenols is 1. The molecule has 1 N–H and O–H groups in total. The van der Waals surface area contributed by atoms with Crippen LogP contribution in [0.2, 0.25) is 0 Å². The topological polar surface area (TPSA) is 96.2 Å². The Morgan fingerprint density at radius 3 is 2.24 bits per heavy atom. The number of carbonyl (C=O) groups is 1. The fourth-order valence-corrected chi connectivity index (χ4v) is 5.30. The number of carbonyl (C=O) groups excluding carboxylic acids is 1. The smallest absolute Gasteiger partial charge is 0.310 e. The van der Waals surface area contributed by atoms with Crippen molar-refractivity contribution in [1.29, 1.82) is 0 Å². The van der Waals surface area contributed by atoms with Gasteiger partial charge in [0.05, 0.1) is 4.92 Å². The highest BCUT2D eigenvalue weighted by molar-refractivity contribution is 5.76. The maximum Gasteiger partial charge on any atom is 0.310 e. The van der Waals surface area contributed by atoms with Crippen LogP contribution in [-0.2, 0) is 10.2 Å². The fourth-order valence-electron chi connectivity index (χ4n) is 5.30. The highest BCUT2D eigenvalue weighted by Gasteiger charge is 2.26. The molecule has 2 aromatic carbocycles. The average Bonchev–Trinajstić information content (AvgIpc) is 2.87. The van der Waals surface area contributed by atoms with Gasteiger partial charge in [0.15, 0.2) is 5.75 Å². The van der Waals surface area contributed by atoms with Gasteiger partial charge in [0, 0.05) is 51.0 Å². The first-order chi connectivity index (χ1) is 17.6. The molecule has 2 aromatic rings. The summed E-state index contributed by atoms with van der Waals surface area (Å²) >= 11 is 0. The number of nitro benzene ring substituents is 1. The summed E-state index contributed by atoms with van der Waals surface area (Å²) in [6.45, 7) is 10.8. The summed E-state index contributed by atoms with van der Waals surface area (Å²) < 4.78 is 5.89. The van der Waals surface area contributed by atoms with Crippen LogP contribution in [0.1, 0.15) is 69.9 Å². The number of likely N-dealkylation sites (tertiary alicyclic amines) is 2. The summed E-state index contributed by atoms with van der Waals surface area (Å²) in [6, 6.07) is 13.1. The van der Waals surface area contributed by atoms with E-state index in [2.05, 4.69) is 49.9 Å². The van der Waals surface area contributed by atoms with Gasteiger partial charge in [0.1, 0.15) is 11.9 Å². The lowest BCUT2D eigenvalue weighted by atomic mass is 9.84. The van der Waals surface area contributed by atoms with Crippen LogP contribution >= 0.6 is 0 Å². The van der Waals surface area contributed by atoms with Crippen molar-refractivity contribution in [2.45, 2.75) is 70.3 Å². The summed E-state index contributed by atoms with van der Waals surface area (Å²) in [5.41, 5.74) is 2.63. The van der Waals surface area contributed by atoms with Gasteiger partial charge < -0.3 is 19.6 Å². The second kappa shape index (κ2) is 11.5. The second-order valence-electron chi connectivity index (χ2n) is 11.3. The molecule has 2 heterocycles. The molecular weight excluding hydrogens is 470 g/mol. The van der Waals surface area contributed by atoms with E-state index in [9.17, 15) is 20.0 Å². The van der Waals surface area contributed by atoms with Crippen molar-refractivity contribution in [3.63, 3.8) is 0 Å². The van der Waals surface area contributed by atoms with Crippen LogP contribution < -0.4 is 4.74 Å². The molecule has 37 heavy (non-hydrogen) atoms. The van der Waals surface area contributed by atoms with Crippen LogP contribution in [0, 0.1) is 10.1 Å². The molecule has 2 saturated heterocycles. The van der Waals surface area contributed by atoms with E-state index in [-0.39, 0.29) is 23.1 Å². The fraction of sp³-hybridized carbons (Fsp3) is 0.552. The lowest BCUT2D eigenvalue weighted by Crippen LogP contribution is -2.43. The van der Waals surface area contributed by atoms with Crippen molar-refractivity contribution in [1.82, 2.24) is 9.80 Å². The molecule has 0 aliphatic carbocycles. The van der Waals surface area contributed by atoms with Gasteiger partial charge in [-0.05, 0) is 54.5 Å². The number of hydrogen-bond donors (Lipinski definition) is 1. The average molecular weight is 510 g/mol. The molecule has 2 aliphatic rings. The third-order valence-corrected chi connectivity index (χ3v) is 7.72. The van der Waals surface area contributed by atoms with Crippen molar-refractivity contribution in [3.8, 4) is 11.5 Å². The van der Waals surface area contributed by atoms with Gasteiger partial charge >= 0.3 is 5.69 Å². The van der Waals surface area contributed by atoms with E-state index in [1.807, 2.05) is 4.90 Å². The molecule has 0 bridgehead atoms. The van der Waals surface area contributed by atoms with Gasteiger partial charge in [-0.2, -0.15) is 0 Å². The summed E-state index contributed by atoms with van der Waals surface area (Å²) in [5, 5.41) is 20.7. The molecule has 8 heteroatoms. The molecule has 0 aromatic heterocycles. The summed E-state index contributed by atoms with van der Waals surface area (Å²) in [7, 11) is 0. The van der Waals surface area contributed by atoms with E-state index < -0.39 is 10.7 Å². The number of nitrogens with zero attached hydrogens (tertiary/aromatic N) is 3. The Morgan fingerprint density at radius 2 is 1.68 bits per heavy atom. The molecule has 0 spiro atoms. The normalized spacial score (nSPS) is 18.1. The van der Waals surface area contributed by atoms with E-state index in [1.54, 1.807) is 0 Å². The lowest BCUT2D eigenvalue weighted by Gasteiger charge is -2.34. The van der Waals surface area contributed by atoms with Gasteiger partial charge in [0.25, 0.3) is 0 Å². The first-order valence-electron chi connectivity index (χ1n) is 13.3. The number of phenolic OH excluding ortho intramolecular Hbond substituents is 1. The van der Waals surface area contributed by atoms with E-state index in [0.717, 1.165) is 32.5 Å². The minimum atomic E-state index is -0.628. The molecule has 2 fully saturated rings. The third kappa shape index (κ3) is 7.01. The molecule has 0 unspecified atom stereocenters. The van der Waals surface area contributed by atoms with Crippen LogP contribution in [0.15, 0.2) is 42.5 Å². The van der Waals surface area contributed by atoms with Gasteiger partial charge in [-0.3, -0.25) is 14.9 Å². The van der Waals surface area contributed by atoms with Gasteiger partial charge in [0.2, 0.25) is 5.91 Å². The Bertz CT molecular complexity index is 1080. The third-order valence-electron chi connectivity index (χ3n) is 7.72. The second-order valence-corrected chi connectivity index (χ2v) is 11.3. The zero-order valence-electron chi connectivity index (χ0n) is 22.2. The zero-order valence-corrected chi connectivity index (χ0v) is 22.2. The van der Waals surface area contributed by atoms with Crippen LogP contribution in [0.25, 0.3) is 0 Å². The Labute approximate surface area is 219 Å². The molecule has 0 atom stereocenters. The van der Waals surface area contributed by atoms with Crippen LogP contribution in [-0.4, -0.2) is 64.6 Å². The van der Waals surface area contributed by atoms with E-state index in [1.165, 1.54) is 29.3 Å². The monoisotopic (exact) mass is 509 g/mol. The minimum Gasteiger partial charge on any atom is -0.502 e. The van der Waals surface area contributed by atoms with Crippen molar-refractivity contribution in [3.05, 3.63) is 63.7 Å². The molecule has 8 nitrogen and oxygen atoms in total. The number of aromatic hydroxyl groups is 1. The molecule has 200 valence electrons. The molecule has 0 saturated carbocycles. The van der Waals surface area contributed by atoms with E-state index in [0.29, 0.717) is 44.0 Å². The minimum absolute atomic E-state index is 0.0820. The van der Waals surface area contributed by atoms with Gasteiger partial charge in [-0.15, -0.1) is 0 Å². The predicted molar refractivity (Wildman–Crippen MR) is 143 cm³/mol. The van der Waals surface area contributed by atoms with Crippen LogP contribution in [0.5, 0.6) is 11.5 Å². The number of nitro groups is 1. The molecule has 1 amide bonds. The Morgan fingerprint density at radius 1 is 1.03 bits per heavy atom. The molecular formula is C29H39N3O5. The number of rotatable bonds is 7. The number of ether oxygens (including phenoxy) is 1. The summed E-state index contributed by atoms with van der Waals surface area (Å²) in [5.74, 6) is 0.781. The first-order valence-corrected chi connectivity index (χ1v) is 13.3. The molecule has 2 aliphatic heterocycles. The summed E-state index contributed by atoms with van der Waals surface area (Å²) in [4.78, 5) is 27.4. The van der Waals surface area contributed by atoms with E-state index in [4.69, 9.17) is 4.74 Å². The number of benzene rings is 2. The molecule has 0 radical (unpaired) electrons. The quantitative estimate of drug-likeness (QED) is 0.405. The van der Waals surface area contributed by atoms with Crippen molar-refractivity contribution in [2.24, 2.45) is 0 Å². The largest absolute Gasteiger partial charge is 0.502 e. The predicted octanol–water partition coefficient (Wildman–Crippen LogP) is 5.24. The highest BCUT2D eigenvalue weighted by Crippen LogP contribution is 2.32. The van der Waals surface area contributed by atoms with Crippen LogP contribution in [0.3, 0.4) is 0 Å². The van der Waals surface area contributed by atoms with Crippen molar-refractivity contribution < 1.29 is 19.6 Å². The SMILES string of the molecule is CC(C)(C)c1ccc(C2CCN(CCC(=O)N3CCC(Oc4ccc([N+](=O)[O-])c(O)c4)CC3)CC2)cc1. The molecule has 4 rings (SSSR count). The van der Waals surface area contributed by atoms with E-state index >= 15 is 0 Å².